The molecule has 0 saturated heterocycles. The zero-order chi connectivity index (χ0) is 20.5. The van der Waals surface area contributed by atoms with Crippen LogP contribution in [0, 0.1) is 0 Å². The lowest BCUT2D eigenvalue weighted by atomic mass is 9.94. The highest BCUT2D eigenvalue weighted by Gasteiger charge is 2.31. The average Bonchev–Trinajstić information content (AvgIpc) is 3.00. The molecular weight excluding hydrogens is 380 g/mol. The number of unbranched alkanes of at least 4 members (excludes halogenated alkanes) is 1. The highest BCUT2D eigenvalue weighted by atomic mass is 32.1. The van der Waals surface area contributed by atoms with Gasteiger partial charge in [-0.1, -0.05) is 0 Å². The van der Waals surface area contributed by atoms with Crippen LogP contribution >= 0.6 is 11.3 Å². The van der Waals surface area contributed by atoms with Crippen molar-refractivity contribution in [1.29, 1.82) is 0 Å². The Hall–Kier alpha value is -1.97. The monoisotopic (exact) mass is 408 g/mol. The van der Waals surface area contributed by atoms with Crippen molar-refractivity contribution in [2.75, 3.05) is 13.1 Å². The van der Waals surface area contributed by atoms with E-state index in [9.17, 15) is 14.4 Å². The minimum absolute atomic E-state index is 0.277. The summed E-state index contributed by atoms with van der Waals surface area (Å²) < 4.78 is 8.50. The fraction of sp³-hybridized carbons (Fsp3) is 0.632. The average molecular weight is 409 g/mol. The minimum Gasteiger partial charge on any atom is -0.370 e. The second-order valence-corrected chi connectivity index (χ2v) is 8.76. The summed E-state index contributed by atoms with van der Waals surface area (Å²) >= 11 is 1.44. The molecule has 28 heavy (non-hydrogen) atoms. The van der Waals surface area contributed by atoms with E-state index < -0.39 is 11.2 Å². The summed E-state index contributed by atoms with van der Waals surface area (Å²) in [6, 6.07) is 0. The molecule has 154 valence electrons. The fourth-order valence-corrected chi connectivity index (χ4v) is 4.80. The largest absolute Gasteiger partial charge is 0.370 e. The minimum atomic E-state index is -0.448. The van der Waals surface area contributed by atoms with Gasteiger partial charge in [-0.3, -0.25) is 18.7 Å². The van der Waals surface area contributed by atoms with E-state index in [2.05, 4.69) is 5.32 Å². The topological polar surface area (TPSA) is 108 Å². The Kier molecular flexibility index (Phi) is 6.07. The summed E-state index contributed by atoms with van der Waals surface area (Å²) in [5, 5.41) is 3.31. The van der Waals surface area contributed by atoms with Gasteiger partial charge in [0.1, 0.15) is 11.4 Å². The van der Waals surface area contributed by atoms with Crippen molar-refractivity contribution in [3.63, 3.8) is 0 Å². The van der Waals surface area contributed by atoms with E-state index in [1.165, 1.54) is 11.3 Å². The first kappa shape index (κ1) is 20.8. The Bertz CT molecular complexity index is 1000. The van der Waals surface area contributed by atoms with Crippen molar-refractivity contribution in [3.8, 4) is 0 Å². The number of aromatic nitrogens is 2. The molecule has 3 heterocycles. The van der Waals surface area contributed by atoms with Crippen LogP contribution in [-0.4, -0.2) is 33.7 Å². The zero-order valence-electron chi connectivity index (χ0n) is 16.7. The highest BCUT2D eigenvalue weighted by molar-refractivity contribution is 7.18. The number of carbonyl (C=O) groups is 1. The molecule has 3 N–H and O–H groups in total. The Balaban J connectivity index is 2.03. The third-order valence-corrected chi connectivity index (χ3v) is 6.23. The third kappa shape index (κ3) is 3.92. The Morgan fingerprint density at radius 1 is 1.29 bits per heavy atom. The number of fused-ring (bicyclic) bond motifs is 3. The quantitative estimate of drug-likeness (QED) is 0.663. The standard InChI is InChI=1S/C19H28N4O4S/c1-4-22-17-15(12-9-19(2,3)27-11-13(12)28-17)16(25)23(18(22)26)10-14(24)21-8-6-5-7-20/h4-11,20H2,1-3H3,(H,21,24). The fourth-order valence-electron chi connectivity index (χ4n) is 3.52. The van der Waals surface area contributed by atoms with Crippen LogP contribution in [0.3, 0.4) is 0 Å². The number of nitrogens with zero attached hydrogens (tertiary/aromatic N) is 2. The molecule has 0 unspecified atom stereocenters. The van der Waals surface area contributed by atoms with Gasteiger partial charge in [0.25, 0.3) is 5.56 Å². The van der Waals surface area contributed by atoms with Gasteiger partial charge < -0.3 is 15.8 Å². The second kappa shape index (κ2) is 8.18. The van der Waals surface area contributed by atoms with Crippen molar-refractivity contribution in [2.45, 2.75) is 65.3 Å². The van der Waals surface area contributed by atoms with Gasteiger partial charge in [0.2, 0.25) is 5.91 Å². The number of nitrogens with one attached hydrogen (secondary N) is 1. The SMILES string of the molecule is CCn1c(=O)n(CC(=O)NCCCCN)c(=O)c2c3c(sc21)COC(C)(C)C3. The number of hydrogen-bond donors (Lipinski definition) is 2. The van der Waals surface area contributed by atoms with Crippen LogP contribution in [0.25, 0.3) is 10.2 Å². The molecule has 1 aliphatic heterocycles. The molecule has 0 spiro atoms. The van der Waals surface area contributed by atoms with Crippen molar-refractivity contribution < 1.29 is 9.53 Å². The van der Waals surface area contributed by atoms with E-state index in [-0.39, 0.29) is 18.1 Å². The normalized spacial score (nSPS) is 15.6. The Morgan fingerprint density at radius 3 is 2.71 bits per heavy atom. The van der Waals surface area contributed by atoms with E-state index in [4.69, 9.17) is 10.5 Å². The molecule has 0 saturated carbocycles. The maximum Gasteiger partial charge on any atom is 0.332 e. The number of amides is 1. The zero-order valence-corrected chi connectivity index (χ0v) is 17.5. The summed E-state index contributed by atoms with van der Waals surface area (Å²) in [6.07, 6.45) is 2.18. The summed E-state index contributed by atoms with van der Waals surface area (Å²) in [4.78, 5) is 40.0. The van der Waals surface area contributed by atoms with Crippen LogP contribution in [0.2, 0.25) is 0 Å². The molecular formula is C19H28N4O4S. The predicted octanol–water partition coefficient (Wildman–Crippen LogP) is 0.951. The summed E-state index contributed by atoms with van der Waals surface area (Å²) in [6.45, 7) is 7.47. The van der Waals surface area contributed by atoms with E-state index in [0.717, 1.165) is 27.8 Å². The van der Waals surface area contributed by atoms with E-state index >= 15 is 0 Å². The molecule has 0 fully saturated rings. The van der Waals surface area contributed by atoms with Gasteiger partial charge in [-0.05, 0) is 45.7 Å². The highest BCUT2D eigenvalue weighted by Crippen LogP contribution is 2.37. The Morgan fingerprint density at radius 2 is 2.04 bits per heavy atom. The molecule has 1 amide bonds. The lowest BCUT2D eigenvalue weighted by molar-refractivity contribution is -0.121. The smallest absolute Gasteiger partial charge is 0.332 e. The molecule has 0 aliphatic carbocycles. The predicted molar refractivity (Wildman–Crippen MR) is 110 cm³/mol. The van der Waals surface area contributed by atoms with Crippen LogP contribution in [0.15, 0.2) is 9.59 Å². The molecule has 9 heteroatoms. The molecule has 0 atom stereocenters. The lowest BCUT2D eigenvalue weighted by Gasteiger charge is -2.29. The Labute approximate surface area is 167 Å². The van der Waals surface area contributed by atoms with Gasteiger partial charge >= 0.3 is 5.69 Å². The molecule has 1 aliphatic rings. The van der Waals surface area contributed by atoms with Crippen LogP contribution in [0.4, 0.5) is 0 Å². The first-order valence-corrected chi connectivity index (χ1v) is 10.5. The maximum absolute atomic E-state index is 13.2. The van der Waals surface area contributed by atoms with Crippen LogP contribution in [0.5, 0.6) is 0 Å². The van der Waals surface area contributed by atoms with E-state index in [1.54, 1.807) is 4.57 Å². The van der Waals surface area contributed by atoms with Crippen molar-refractivity contribution >= 4 is 27.5 Å². The van der Waals surface area contributed by atoms with Crippen LogP contribution in [-0.2, 0) is 35.6 Å². The number of carbonyl (C=O) groups excluding carboxylic acids is 1. The van der Waals surface area contributed by atoms with Crippen molar-refractivity contribution in [3.05, 3.63) is 31.3 Å². The first-order valence-electron chi connectivity index (χ1n) is 9.67. The number of thiophene rings is 1. The van der Waals surface area contributed by atoms with Crippen molar-refractivity contribution in [2.24, 2.45) is 5.73 Å². The second-order valence-electron chi connectivity index (χ2n) is 7.67. The first-order chi connectivity index (χ1) is 13.3. The summed E-state index contributed by atoms with van der Waals surface area (Å²) in [5.41, 5.74) is 5.18. The van der Waals surface area contributed by atoms with Gasteiger partial charge in [-0.2, -0.15) is 0 Å². The number of nitrogens with two attached hydrogens (primary N) is 1. The third-order valence-electron chi connectivity index (χ3n) is 5.01. The summed E-state index contributed by atoms with van der Waals surface area (Å²) in [7, 11) is 0. The van der Waals surface area contributed by atoms with Gasteiger partial charge in [0.15, 0.2) is 0 Å². The lowest BCUT2D eigenvalue weighted by Crippen LogP contribution is -2.44. The van der Waals surface area contributed by atoms with Crippen LogP contribution < -0.4 is 22.3 Å². The van der Waals surface area contributed by atoms with Crippen molar-refractivity contribution in [1.82, 2.24) is 14.5 Å². The van der Waals surface area contributed by atoms with E-state index in [1.807, 2.05) is 20.8 Å². The van der Waals surface area contributed by atoms with Gasteiger partial charge in [-0.15, -0.1) is 11.3 Å². The van der Waals surface area contributed by atoms with Crippen LogP contribution in [0.1, 0.15) is 44.1 Å². The van der Waals surface area contributed by atoms with Gasteiger partial charge in [0, 0.05) is 24.4 Å². The number of rotatable bonds is 7. The maximum atomic E-state index is 13.2. The summed E-state index contributed by atoms with van der Waals surface area (Å²) in [5.74, 6) is -0.342. The van der Waals surface area contributed by atoms with Gasteiger partial charge in [-0.25, -0.2) is 4.79 Å². The number of aryl methyl sites for hydroxylation is 1. The molecule has 0 aromatic carbocycles. The molecule has 2 aromatic heterocycles. The molecule has 0 radical (unpaired) electrons. The molecule has 0 bridgehead atoms. The molecule has 8 nitrogen and oxygen atoms in total. The molecule has 3 rings (SSSR count). The number of hydrogen-bond acceptors (Lipinski definition) is 6. The number of ether oxygens (including phenoxy) is 1. The molecule has 2 aromatic rings. The van der Waals surface area contributed by atoms with Gasteiger partial charge in [0.05, 0.1) is 17.6 Å². The van der Waals surface area contributed by atoms with E-state index in [0.29, 0.717) is 42.9 Å².